The molecule has 0 fully saturated rings. The van der Waals surface area contributed by atoms with Gasteiger partial charge in [0, 0.05) is 28.8 Å². The maximum atomic E-state index is 13.2. The third-order valence-corrected chi connectivity index (χ3v) is 7.58. The van der Waals surface area contributed by atoms with Gasteiger partial charge in [-0.3, -0.25) is 4.79 Å². The number of nitrogens with zero attached hydrogens (tertiary/aromatic N) is 1. The molecule has 0 spiro atoms. The predicted molar refractivity (Wildman–Crippen MR) is 120 cm³/mol. The lowest BCUT2D eigenvalue weighted by Gasteiger charge is -2.29. The van der Waals surface area contributed by atoms with E-state index in [2.05, 4.69) is 4.72 Å². The molecule has 0 saturated carbocycles. The van der Waals surface area contributed by atoms with Crippen LogP contribution < -0.4 is 9.62 Å². The Bertz CT molecular complexity index is 1160. The number of hydrogen-bond acceptors (Lipinski definition) is 4. The van der Waals surface area contributed by atoms with Crippen molar-refractivity contribution in [2.75, 3.05) is 17.2 Å². The van der Waals surface area contributed by atoms with Crippen molar-refractivity contribution in [1.82, 2.24) is 4.72 Å². The minimum absolute atomic E-state index is 0.0794. The Morgan fingerprint density at radius 2 is 1.73 bits per heavy atom. The first-order valence-electron chi connectivity index (χ1n) is 9.67. The fourth-order valence-corrected chi connectivity index (χ4v) is 5.72. The number of hydrogen-bond donors (Lipinski definition) is 1. The lowest BCUT2D eigenvalue weighted by atomic mass is 10.1. The van der Waals surface area contributed by atoms with Gasteiger partial charge in [-0.25, -0.2) is 13.1 Å². The summed E-state index contributed by atoms with van der Waals surface area (Å²) in [5.74, 6) is 0.604. The van der Waals surface area contributed by atoms with Crippen molar-refractivity contribution >= 4 is 33.4 Å². The van der Waals surface area contributed by atoms with Crippen molar-refractivity contribution in [3.63, 3.8) is 0 Å². The van der Waals surface area contributed by atoms with Gasteiger partial charge < -0.3 is 4.90 Å². The number of anilines is 1. The zero-order valence-corrected chi connectivity index (χ0v) is 18.1. The van der Waals surface area contributed by atoms with E-state index in [9.17, 15) is 13.2 Å². The molecule has 3 aromatic rings. The maximum absolute atomic E-state index is 13.2. The fourth-order valence-electron chi connectivity index (χ4n) is 3.44. The quantitative estimate of drug-likeness (QED) is 0.638. The number of carbonyl (C=O) groups excluding carboxylic acids is 1. The molecule has 0 radical (unpaired) electrons. The number of amides is 1. The lowest BCUT2D eigenvalue weighted by molar-refractivity contribution is 0.0987. The van der Waals surface area contributed by atoms with E-state index in [0.29, 0.717) is 12.1 Å². The minimum atomic E-state index is -3.78. The molecule has 5 nitrogen and oxygen atoms in total. The highest BCUT2D eigenvalue weighted by atomic mass is 32.2. The van der Waals surface area contributed by atoms with Gasteiger partial charge in [-0.2, -0.15) is 0 Å². The van der Waals surface area contributed by atoms with Crippen LogP contribution in [0, 0.1) is 0 Å². The van der Waals surface area contributed by atoms with Crippen LogP contribution in [0.1, 0.15) is 28.9 Å². The molecule has 0 saturated heterocycles. The monoisotopic (exact) mass is 438 g/mol. The molecule has 1 N–H and O–H groups in total. The summed E-state index contributed by atoms with van der Waals surface area (Å²) in [6, 6.07) is 23.0. The van der Waals surface area contributed by atoms with Gasteiger partial charge in [0.1, 0.15) is 0 Å². The second-order valence-electron chi connectivity index (χ2n) is 7.05. The molecule has 1 amide bonds. The summed E-state index contributed by atoms with van der Waals surface area (Å²) >= 11 is 1.72. The molecule has 1 atom stereocenters. The third-order valence-electron chi connectivity index (χ3n) is 5.00. The number of nitrogens with one attached hydrogen (secondary N) is 1. The van der Waals surface area contributed by atoms with Crippen LogP contribution in [0.4, 0.5) is 5.69 Å². The van der Waals surface area contributed by atoms with Gasteiger partial charge in [-0.1, -0.05) is 48.5 Å². The largest absolute Gasteiger partial charge is 0.306 e. The Labute approximate surface area is 181 Å². The van der Waals surface area contributed by atoms with Gasteiger partial charge in [0.05, 0.1) is 10.6 Å². The number of rotatable bonds is 5. The van der Waals surface area contributed by atoms with Gasteiger partial charge in [-0.05, 0) is 42.8 Å². The first kappa shape index (κ1) is 20.7. The predicted octanol–water partition coefficient (Wildman–Crippen LogP) is 4.48. The van der Waals surface area contributed by atoms with Gasteiger partial charge in [0.2, 0.25) is 10.0 Å². The highest BCUT2D eigenvalue weighted by molar-refractivity contribution is 7.99. The summed E-state index contributed by atoms with van der Waals surface area (Å²) < 4.78 is 28.5. The van der Waals surface area contributed by atoms with E-state index in [4.69, 9.17) is 0 Å². The minimum Gasteiger partial charge on any atom is -0.306 e. The summed E-state index contributed by atoms with van der Waals surface area (Å²) in [4.78, 5) is 16.0. The van der Waals surface area contributed by atoms with E-state index in [1.54, 1.807) is 35.7 Å². The molecule has 30 heavy (non-hydrogen) atoms. The molecule has 3 aromatic carbocycles. The van der Waals surface area contributed by atoms with E-state index in [-0.39, 0.29) is 16.8 Å². The molecule has 154 valence electrons. The van der Waals surface area contributed by atoms with Crippen LogP contribution in [0.5, 0.6) is 0 Å². The SMILES string of the molecule is CC(NS(=O)(=O)c1cccc(C(=O)N2CCSc3ccccc32)c1)c1ccccc1. The summed E-state index contributed by atoms with van der Waals surface area (Å²) in [5, 5.41) is 0. The number of fused-ring (bicyclic) bond motifs is 1. The van der Waals surface area contributed by atoms with Crippen LogP contribution in [0.3, 0.4) is 0 Å². The zero-order chi connectivity index (χ0) is 21.1. The Morgan fingerprint density at radius 3 is 2.53 bits per heavy atom. The van der Waals surface area contributed by atoms with Crippen molar-refractivity contribution in [1.29, 1.82) is 0 Å². The van der Waals surface area contributed by atoms with Crippen molar-refractivity contribution in [2.45, 2.75) is 22.8 Å². The Morgan fingerprint density at radius 1 is 1.00 bits per heavy atom. The smallest absolute Gasteiger partial charge is 0.258 e. The highest BCUT2D eigenvalue weighted by Crippen LogP contribution is 2.35. The van der Waals surface area contributed by atoms with Gasteiger partial charge >= 0.3 is 0 Å². The van der Waals surface area contributed by atoms with Crippen LogP contribution in [0.15, 0.2) is 88.7 Å². The van der Waals surface area contributed by atoms with E-state index >= 15 is 0 Å². The van der Waals surface area contributed by atoms with Crippen molar-refractivity contribution in [2.24, 2.45) is 0 Å². The summed E-state index contributed by atoms with van der Waals surface area (Å²) in [6.45, 7) is 2.38. The highest BCUT2D eigenvalue weighted by Gasteiger charge is 2.25. The molecule has 0 aromatic heterocycles. The number of thioether (sulfide) groups is 1. The van der Waals surface area contributed by atoms with Crippen molar-refractivity contribution in [3.05, 3.63) is 90.0 Å². The average molecular weight is 439 g/mol. The number of carbonyl (C=O) groups is 1. The normalized spacial score (nSPS) is 14.8. The third kappa shape index (κ3) is 4.28. The molecule has 4 rings (SSSR count). The molecule has 1 aliphatic heterocycles. The standard InChI is InChI=1S/C23H22N2O3S2/c1-17(18-8-3-2-4-9-18)24-30(27,28)20-11-7-10-19(16-20)23(26)25-14-15-29-22-13-6-5-12-21(22)25/h2-13,16-17,24H,14-15H2,1H3. The second-order valence-corrected chi connectivity index (χ2v) is 9.91. The topological polar surface area (TPSA) is 66.5 Å². The van der Waals surface area contributed by atoms with Crippen LogP contribution in [0.2, 0.25) is 0 Å². The van der Waals surface area contributed by atoms with Crippen LogP contribution in [0.25, 0.3) is 0 Å². The van der Waals surface area contributed by atoms with Gasteiger partial charge in [-0.15, -0.1) is 11.8 Å². The molecule has 0 aliphatic carbocycles. The Hall–Kier alpha value is -2.61. The van der Waals surface area contributed by atoms with Gasteiger partial charge in [0.25, 0.3) is 5.91 Å². The van der Waals surface area contributed by atoms with Crippen LogP contribution >= 0.6 is 11.8 Å². The fraction of sp³-hybridized carbons (Fsp3) is 0.174. The summed E-state index contributed by atoms with van der Waals surface area (Å²) in [7, 11) is -3.78. The first-order valence-corrected chi connectivity index (χ1v) is 12.1. The molecule has 1 aliphatic rings. The number of para-hydroxylation sites is 1. The molecular weight excluding hydrogens is 416 g/mol. The summed E-state index contributed by atoms with van der Waals surface area (Å²) in [5.41, 5.74) is 2.09. The zero-order valence-electron chi connectivity index (χ0n) is 16.5. The lowest BCUT2D eigenvalue weighted by Crippen LogP contribution is -2.35. The van der Waals surface area contributed by atoms with E-state index < -0.39 is 10.0 Å². The average Bonchev–Trinajstić information content (AvgIpc) is 2.78. The molecule has 1 heterocycles. The molecule has 0 bridgehead atoms. The van der Waals surface area contributed by atoms with E-state index in [1.807, 2.05) is 54.6 Å². The number of sulfonamides is 1. The van der Waals surface area contributed by atoms with Crippen molar-refractivity contribution < 1.29 is 13.2 Å². The van der Waals surface area contributed by atoms with Gasteiger partial charge in [0.15, 0.2) is 0 Å². The maximum Gasteiger partial charge on any atom is 0.258 e. The van der Waals surface area contributed by atoms with Crippen LogP contribution in [-0.4, -0.2) is 26.6 Å². The molecule has 7 heteroatoms. The Kier molecular flexibility index (Phi) is 5.94. The summed E-state index contributed by atoms with van der Waals surface area (Å²) in [6.07, 6.45) is 0. The molecule has 1 unspecified atom stereocenters. The van der Waals surface area contributed by atoms with Crippen LogP contribution in [-0.2, 0) is 10.0 Å². The van der Waals surface area contributed by atoms with Crippen molar-refractivity contribution in [3.8, 4) is 0 Å². The number of benzene rings is 3. The Balaban J connectivity index is 1.59. The van der Waals surface area contributed by atoms with E-state index in [1.165, 1.54) is 12.1 Å². The first-order chi connectivity index (χ1) is 14.5. The second kappa shape index (κ2) is 8.63. The molecular formula is C23H22N2O3S2. The van der Waals surface area contributed by atoms with E-state index in [0.717, 1.165) is 21.9 Å².